The molecule has 1 fully saturated rings. The fraction of sp³-hybridized carbons (Fsp3) is 0.360. The zero-order chi connectivity index (χ0) is 21.8. The van der Waals surface area contributed by atoms with Crippen LogP contribution >= 0.6 is 11.3 Å². The third-order valence-electron chi connectivity index (χ3n) is 5.70. The van der Waals surface area contributed by atoms with Crippen LogP contribution in [-0.2, 0) is 11.3 Å². The number of likely N-dealkylation sites (tertiary alicyclic amines) is 1. The molecule has 6 heteroatoms. The Hall–Kier alpha value is -2.73. The van der Waals surface area contributed by atoms with E-state index in [2.05, 4.69) is 24.5 Å². The van der Waals surface area contributed by atoms with Gasteiger partial charge in [-0.1, -0.05) is 44.2 Å². The van der Waals surface area contributed by atoms with Crippen molar-refractivity contribution in [3.63, 3.8) is 0 Å². The van der Waals surface area contributed by atoms with Crippen molar-refractivity contribution in [2.75, 3.05) is 13.1 Å². The summed E-state index contributed by atoms with van der Waals surface area (Å²) in [6, 6.07) is 15.0. The molecular formula is C25H28FN3OS. The Morgan fingerprint density at radius 3 is 2.61 bits per heavy atom. The molecule has 2 aromatic carbocycles. The molecule has 3 aromatic rings. The summed E-state index contributed by atoms with van der Waals surface area (Å²) in [7, 11) is 0. The zero-order valence-corrected chi connectivity index (χ0v) is 18.9. The van der Waals surface area contributed by atoms with Gasteiger partial charge in [-0.2, -0.15) is 0 Å². The number of nitrogens with zero attached hydrogens (tertiary/aromatic N) is 3. The van der Waals surface area contributed by atoms with Gasteiger partial charge in [0.2, 0.25) is 5.91 Å². The van der Waals surface area contributed by atoms with Crippen molar-refractivity contribution in [2.24, 2.45) is 4.99 Å². The maximum Gasteiger partial charge on any atom is 0.222 e. The molecule has 1 aromatic heterocycles. The lowest BCUT2D eigenvalue weighted by Crippen LogP contribution is -2.27. The first-order chi connectivity index (χ1) is 15.0. The molecule has 0 aliphatic carbocycles. The Morgan fingerprint density at radius 1 is 1.10 bits per heavy atom. The minimum absolute atomic E-state index is 0.236. The van der Waals surface area contributed by atoms with Gasteiger partial charge in [0.1, 0.15) is 5.82 Å². The number of halogens is 1. The summed E-state index contributed by atoms with van der Waals surface area (Å²) in [4.78, 5) is 19.7. The van der Waals surface area contributed by atoms with Gasteiger partial charge >= 0.3 is 0 Å². The number of amides is 1. The van der Waals surface area contributed by atoms with Crippen LogP contribution in [0.4, 0.5) is 10.1 Å². The molecule has 0 saturated carbocycles. The SMILES string of the molecule is CC(C)c1ccccc1N=c1scc(-c2ccccc2F)n1CCCN1CCCC1=O. The Kier molecular flexibility index (Phi) is 6.66. The monoisotopic (exact) mass is 437 g/mol. The van der Waals surface area contributed by atoms with Crippen molar-refractivity contribution < 1.29 is 9.18 Å². The van der Waals surface area contributed by atoms with E-state index in [1.165, 1.54) is 23.0 Å². The number of para-hydroxylation sites is 1. The van der Waals surface area contributed by atoms with Crippen LogP contribution in [0, 0.1) is 5.82 Å². The van der Waals surface area contributed by atoms with E-state index in [1.807, 2.05) is 40.6 Å². The summed E-state index contributed by atoms with van der Waals surface area (Å²) >= 11 is 1.53. The van der Waals surface area contributed by atoms with E-state index in [9.17, 15) is 9.18 Å². The fourth-order valence-corrected chi connectivity index (χ4v) is 5.00. The van der Waals surface area contributed by atoms with Crippen LogP contribution in [0.5, 0.6) is 0 Å². The highest BCUT2D eigenvalue weighted by atomic mass is 32.1. The first kappa shape index (κ1) is 21.5. The molecule has 0 N–H and O–H groups in total. The maximum absolute atomic E-state index is 14.6. The minimum atomic E-state index is -0.238. The van der Waals surface area contributed by atoms with E-state index < -0.39 is 0 Å². The number of benzene rings is 2. The van der Waals surface area contributed by atoms with E-state index in [1.54, 1.807) is 6.07 Å². The number of hydrogen-bond donors (Lipinski definition) is 0. The molecule has 0 bridgehead atoms. The number of carbonyl (C=O) groups is 1. The van der Waals surface area contributed by atoms with Crippen LogP contribution in [0.15, 0.2) is 58.9 Å². The molecule has 31 heavy (non-hydrogen) atoms. The van der Waals surface area contributed by atoms with Crippen LogP contribution in [0.25, 0.3) is 11.3 Å². The predicted octanol–water partition coefficient (Wildman–Crippen LogP) is 5.72. The van der Waals surface area contributed by atoms with Crippen LogP contribution in [0.3, 0.4) is 0 Å². The summed E-state index contributed by atoms with van der Waals surface area (Å²) in [6.45, 7) is 6.57. The van der Waals surface area contributed by atoms with Crippen molar-refractivity contribution in [1.82, 2.24) is 9.47 Å². The number of carbonyl (C=O) groups excluding carboxylic acids is 1. The molecule has 0 unspecified atom stereocenters. The molecule has 1 aliphatic heterocycles. The second-order valence-electron chi connectivity index (χ2n) is 8.20. The Labute approximate surface area is 186 Å². The van der Waals surface area contributed by atoms with Crippen molar-refractivity contribution in [1.29, 1.82) is 0 Å². The smallest absolute Gasteiger partial charge is 0.222 e. The zero-order valence-electron chi connectivity index (χ0n) is 18.1. The van der Waals surface area contributed by atoms with E-state index in [-0.39, 0.29) is 11.7 Å². The molecule has 0 atom stereocenters. The summed E-state index contributed by atoms with van der Waals surface area (Å²) in [5.41, 5.74) is 3.55. The van der Waals surface area contributed by atoms with E-state index in [4.69, 9.17) is 4.99 Å². The summed E-state index contributed by atoms with van der Waals surface area (Å²) in [5, 5.41) is 1.98. The second-order valence-corrected chi connectivity index (χ2v) is 9.03. The Balaban J connectivity index is 1.72. The normalized spacial score (nSPS) is 14.8. The summed E-state index contributed by atoms with van der Waals surface area (Å²) in [5.74, 6) is 0.360. The van der Waals surface area contributed by atoms with Crippen molar-refractivity contribution >= 4 is 22.9 Å². The average molecular weight is 438 g/mol. The van der Waals surface area contributed by atoms with Crippen LogP contribution in [-0.4, -0.2) is 28.5 Å². The number of hydrogen-bond acceptors (Lipinski definition) is 3. The summed E-state index contributed by atoms with van der Waals surface area (Å²) in [6.07, 6.45) is 2.40. The third-order valence-corrected chi connectivity index (χ3v) is 6.57. The number of rotatable bonds is 7. The molecular weight excluding hydrogens is 409 g/mol. The summed E-state index contributed by atoms with van der Waals surface area (Å²) < 4.78 is 16.7. The van der Waals surface area contributed by atoms with Crippen molar-refractivity contribution in [2.45, 2.75) is 45.6 Å². The van der Waals surface area contributed by atoms with E-state index in [0.29, 0.717) is 24.4 Å². The predicted molar refractivity (Wildman–Crippen MR) is 124 cm³/mol. The molecule has 0 spiro atoms. The first-order valence-corrected chi connectivity index (χ1v) is 11.8. The topological polar surface area (TPSA) is 37.6 Å². The van der Waals surface area contributed by atoms with Gasteiger partial charge in [-0.15, -0.1) is 11.3 Å². The van der Waals surface area contributed by atoms with Gasteiger partial charge < -0.3 is 9.47 Å². The van der Waals surface area contributed by atoms with Gasteiger partial charge in [0.25, 0.3) is 0 Å². The molecule has 4 nitrogen and oxygen atoms in total. The molecule has 1 aliphatic rings. The largest absolute Gasteiger partial charge is 0.343 e. The lowest BCUT2D eigenvalue weighted by atomic mass is 10.0. The van der Waals surface area contributed by atoms with Gasteiger partial charge in [0.15, 0.2) is 4.80 Å². The van der Waals surface area contributed by atoms with Gasteiger partial charge in [0.05, 0.1) is 11.4 Å². The van der Waals surface area contributed by atoms with Crippen molar-refractivity contribution in [3.05, 3.63) is 70.1 Å². The van der Waals surface area contributed by atoms with E-state index in [0.717, 1.165) is 42.1 Å². The fourth-order valence-electron chi connectivity index (χ4n) is 4.06. The van der Waals surface area contributed by atoms with Crippen molar-refractivity contribution in [3.8, 4) is 11.3 Å². The minimum Gasteiger partial charge on any atom is -0.343 e. The maximum atomic E-state index is 14.6. The van der Waals surface area contributed by atoms with Gasteiger partial charge in [-0.25, -0.2) is 9.38 Å². The molecule has 1 amide bonds. The number of thiazole rings is 1. The lowest BCUT2D eigenvalue weighted by molar-refractivity contribution is -0.127. The highest BCUT2D eigenvalue weighted by molar-refractivity contribution is 7.07. The number of aromatic nitrogens is 1. The first-order valence-electron chi connectivity index (χ1n) is 10.9. The molecule has 162 valence electrons. The third kappa shape index (κ3) is 4.79. The van der Waals surface area contributed by atoms with Crippen LogP contribution in [0.2, 0.25) is 0 Å². The standard InChI is InChI=1S/C25H28FN3OS/c1-18(2)19-9-4-6-12-22(19)27-25-29(16-8-15-28-14-7-13-24(28)30)23(17-31-25)20-10-3-5-11-21(20)26/h3-6,9-12,17-18H,7-8,13-16H2,1-2H3. The lowest BCUT2D eigenvalue weighted by Gasteiger charge is -2.16. The quantitative estimate of drug-likeness (QED) is 0.465. The van der Waals surface area contributed by atoms with Gasteiger partial charge in [-0.05, 0) is 42.5 Å². The second kappa shape index (κ2) is 9.60. The molecule has 4 rings (SSSR count). The molecule has 1 saturated heterocycles. The van der Waals surface area contributed by atoms with Gasteiger partial charge in [-0.3, -0.25) is 4.79 Å². The van der Waals surface area contributed by atoms with E-state index >= 15 is 0 Å². The molecule has 2 heterocycles. The Morgan fingerprint density at radius 2 is 1.87 bits per heavy atom. The van der Waals surface area contributed by atoms with Crippen LogP contribution < -0.4 is 4.80 Å². The molecule has 0 radical (unpaired) electrons. The average Bonchev–Trinajstić information content (AvgIpc) is 3.35. The highest BCUT2D eigenvalue weighted by Gasteiger charge is 2.20. The highest BCUT2D eigenvalue weighted by Crippen LogP contribution is 2.27. The van der Waals surface area contributed by atoms with Gasteiger partial charge in [0, 0.05) is 37.0 Å². The Bertz CT molecular complexity index is 1130. The van der Waals surface area contributed by atoms with Crippen LogP contribution in [0.1, 0.15) is 44.6 Å².